The summed E-state index contributed by atoms with van der Waals surface area (Å²) in [6.07, 6.45) is -7.35. The Hall–Kier alpha value is -3.55. The van der Waals surface area contributed by atoms with Gasteiger partial charge in [-0.05, 0) is 25.1 Å². The molecule has 2 aromatic carbocycles. The van der Waals surface area contributed by atoms with Gasteiger partial charge in [0.1, 0.15) is 40.8 Å². The fourth-order valence-corrected chi connectivity index (χ4v) is 3.46. The molecule has 2 heterocycles. The molecule has 12 nitrogen and oxygen atoms in total. The number of benzene rings is 2. The van der Waals surface area contributed by atoms with Gasteiger partial charge in [-0.2, -0.15) is 0 Å². The fraction of sp³-hybridized carbons (Fsp3) is 0.286. The van der Waals surface area contributed by atoms with Gasteiger partial charge in [-0.15, -0.1) is 0 Å². The number of hydrogen-bond acceptors (Lipinski definition) is 11. The number of hydrogen-bond donors (Lipinski definition) is 7. The molecule has 12 heteroatoms. The smallest absolute Gasteiger partial charge is 0.239 e. The first-order valence-corrected chi connectivity index (χ1v) is 9.50. The Morgan fingerprint density at radius 3 is 2.24 bits per heavy atom. The van der Waals surface area contributed by atoms with Crippen molar-refractivity contribution in [3.8, 4) is 40.1 Å². The second-order valence-electron chi connectivity index (χ2n) is 7.43. The maximum atomic E-state index is 13.2. The molecule has 0 aliphatic carbocycles. The van der Waals surface area contributed by atoms with E-state index in [4.69, 9.17) is 13.9 Å². The van der Waals surface area contributed by atoms with Crippen LogP contribution in [0.2, 0.25) is 0 Å². The summed E-state index contributed by atoms with van der Waals surface area (Å²) in [7, 11) is 0. The minimum absolute atomic E-state index is 0. The number of phenolic OH excluding ortho intramolecular Hbond substituents is 4. The topological polar surface area (TPSA) is 222 Å². The van der Waals surface area contributed by atoms with Crippen LogP contribution in [0.25, 0.3) is 22.3 Å². The molecule has 0 radical (unpaired) electrons. The van der Waals surface area contributed by atoms with Crippen molar-refractivity contribution in [3.63, 3.8) is 0 Å². The van der Waals surface area contributed by atoms with Crippen LogP contribution in [-0.2, 0) is 4.74 Å². The standard InChI is InChI=1S/C21H20O11.H2O/c1-7-15(26)17(28)18(29)21(30-7)32-20-16(27)14-12(25)5-9(22)6-13(14)31-19(20)8-2-3-10(23)11(24)4-8;/h2-7,15,17-18,21-26,28-29H,1H3;1H2/t7-,15-,17?,18+,21-;/m0./s1. The van der Waals surface area contributed by atoms with Crippen molar-refractivity contribution >= 4 is 11.0 Å². The van der Waals surface area contributed by atoms with Crippen LogP contribution in [0.5, 0.6) is 28.7 Å². The molecule has 33 heavy (non-hydrogen) atoms. The molecule has 1 unspecified atom stereocenters. The van der Waals surface area contributed by atoms with E-state index in [2.05, 4.69) is 0 Å². The third-order valence-corrected chi connectivity index (χ3v) is 5.20. The van der Waals surface area contributed by atoms with E-state index in [1.165, 1.54) is 13.0 Å². The maximum absolute atomic E-state index is 13.2. The van der Waals surface area contributed by atoms with Crippen LogP contribution in [0, 0.1) is 0 Å². The van der Waals surface area contributed by atoms with Crippen LogP contribution in [-0.4, -0.2) is 71.9 Å². The highest BCUT2D eigenvalue weighted by atomic mass is 16.7. The van der Waals surface area contributed by atoms with Gasteiger partial charge in [0, 0.05) is 17.7 Å². The average Bonchev–Trinajstić information content (AvgIpc) is 2.73. The van der Waals surface area contributed by atoms with E-state index in [0.717, 1.165) is 24.3 Å². The predicted octanol–water partition coefficient (Wildman–Crippen LogP) is -0.336. The lowest BCUT2D eigenvalue weighted by molar-refractivity contribution is -0.268. The number of phenols is 4. The van der Waals surface area contributed by atoms with Gasteiger partial charge in [-0.1, -0.05) is 0 Å². The molecular formula is C21H22O12. The molecule has 3 aromatic rings. The summed E-state index contributed by atoms with van der Waals surface area (Å²) in [4.78, 5) is 13.2. The molecule has 0 bridgehead atoms. The highest BCUT2D eigenvalue weighted by Crippen LogP contribution is 2.39. The third-order valence-electron chi connectivity index (χ3n) is 5.20. The molecule has 1 saturated heterocycles. The molecule has 9 N–H and O–H groups in total. The highest BCUT2D eigenvalue weighted by Gasteiger charge is 2.44. The van der Waals surface area contributed by atoms with E-state index in [0.29, 0.717) is 0 Å². The highest BCUT2D eigenvalue weighted by molar-refractivity contribution is 5.88. The first-order valence-electron chi connectivity index (χ1n) is 9.50. The lowest BCUT2D eigenvalue weighted by Gasteiger charge is -2.38. The maximum Gasteiger partial charge on any atom is 0.239 e. The molecular weight excluding hydrogens is 444 g/mol. The van der Waals surface area contributed by atoms with Crippen LogP contribution in [0.3, 0.4) is 0 Å². The molecule has 1 aliphatic rings. The van der Waals surface area contributed by atoms with E-state index in [1.807, 2.05) is 0 Å². The Labute approximate surface area is 185 Å². The van der Waals surface area contributed by atoms with Gasteiger partial charge >= 0.3 is 0 Å². The first kappa shape index (κ1) is 24.1. The van der Waals surface area contributed by atoms with E-state index < -0.39 is 59.1 Å². The molecule has 1 aliphatic heterocycles. The summed E-state index contributed by atoms with van der Waals surface area (Å²) in [6.45, 7) is 1.42. The minimum atomic E-state index is -1.74. The van der Waals surface area contributed by atoms with Crippen molar-refractivity contribution < 1.29 is 55.1 Å². The van der Waals surface area contributed by atoms with Crippen molar-refractivity contribution in [3.05, 3.63) is 40.6 Å². The summed E-state index contributed by atoms with van der Waals surface area (Å²) >= 11 is 0. The van der Waals surface area contributed by atoms with E-state index in [1.54, 1.807) is 0 Å². The lowest BCUT2D eigenvalue weighted by Crippen LogP contribution is -2.58. The quantitative estimate of drug-likeness (QED) is 0.247. The third kappa shape index (κ3) is 4.13. The molecule has 1 fully saturated rings. The zero-order chi connectivity index (χ0) is 23.3. The Morgan fingerprint density at radius 2 is 1.58 bits per heavy atom. The molecule has 5 atom stereocenters. The number of rotatable bonds is 3. The zero-order valence-corrected chi connectivity index (χ0v) is 17.0. The van der Waals surface area contributed by atoms with Gasteiger partial charge in [0.05, 0.1) is 6.10 Å². The van der Waals surface area contributed by atoms with Gasteiger partial charge in [0.25, 0.3) is 0 Å². The van der Waals surface area contributed by atoms with E-state index >= 15 is 0 Å². The van der Waals surface area contributed by atoms with Gasteiger partial charge < -0.3 is 55.1 Å². The van der Waals surface area contributed by atoms with Gasteiger partial charge in [0.15, 0.2) is 17.3 Å². The van der Waals surface area contributed by atoms with Crippen LogP contribution in [0.1, 0.15) is 6.92 Å². The van der Waals surface area contributed by atoms with Gasteiger partial charge in [-0.25, -0.2) is 0 Å². The van der Waals surface area contributed by atoms with Crippen LogP contribution in [0.4, 0.5) is 0 Å². The molecule has 0 spiro atoms. The van der Waals surface area contributed by atoms with Crippen molar-refractivity contribution in [1.29, 1.82) is 0 Å². The second kappa shape index (κ2) is 8.77. The normalized spacial score (nSPS) is 24.9. The molecule has 1 aromatic heterocycles. The zero-order valence-electron chi connectivity index (χ0n) is 17.0. The van der Waals surface area contributed by atoms with E-state index in [9.17, 15) is 40.5 Å². The lowest BCUT2D eigenvalue weighted by atomic mass is 10.00. The minimum Gasteiger partial charge on any atom is -0.508 e. The summed E-state index contributed by atoms with van der Waals surface area (Å²) < 4.78 is 16.6. The predicted molar refractivity (Wildman–Crippen MR) is 111 cm³/mol. The summed E-state index contributed by atoms with van der Waals surface area (Å²) in [5.74, 6) is -2.80. The van der Waals surface area contributed by atoms with Crippen LogP contribution in [0.15, 0.2) is 39.5 Å². The molecule has 0 amide bonds. The van der Waals surface area contributed by atoms with Gasteiger partial charge in [-0.3, -0.25) is 4.79 Å². The van der Waals surface area contributed by atoms with Gasteiger partial charge in [0.2, 0.25) is 17.5 Å². The second-order valence-corrected chi connectivity index (χ2v) is 7.43. The van der Waals surface area contributed by atoms with Crippen molar-refractivity contribution in [2.24, 2.45) is 0 Å². The Morgan fingerprint density at radius 1 is 0.879 bits per heavy atom. The summed E-state index contributed by atoms with van der Waals surface area (Å²) in [5, 5.41) is 69.2. The fourth-order valence-electron chi connectivity index (χ4n) is 3.46. The monoisotopic (exact) mass is 466 g/mol. The molecule has 0 saturated carbocycles. The Balaban J connectivity index is 0.00000306. The van der Waals surface area contributed by atoms with Crippen LogP contribution < -0.4 is 10.2 Å². The first-order chi connectivity index (χ1) is 15.1. The van der Waals surface area contributed by atoms with Crippen molar-refractivity contribution in [2.45, 2.75) is 37.6 Å². The number of fused-ring (bicyclic) bond motifs is 1. The SMILES string of the molecule is C[C@@H]1O[C@@H](Oc2c(-c3ccc(O)c(O)c3)oc3cc(O)cc(O)c3c2=O)[C@H](O)C(O)[C@H]1O.O. The van der Waals surface area contributed by atoms with Crippen molar-refractivity contribution in [2.75, 3.05) is 0 Å². The number of ether oxygens (including phenoxy) is 2. The average molecular weight is 466 g/mol. The number of aliphatic hydroxyl groups excluding tert-OH is 3. The number of aromatic hydroxyl groups is 4. The Kier molecular flexibility index (Phi) is 6.40. The largest absolute Gasteiger partial charge is 0.508 e. The molecule has 178 valence electrons. The number of aliphatic hydroxyl groups is 3. The Bertz CT molecular complexity index is 1240. The van der Waals surface area contributed by atoms with Crippen LogP contribution >= 0.6 is 0 Å². The summed E-state index contributed by atoms with van der Waals surface area (Å²) in [6, 6.07) is 5.51. The van der Waals surface area contributed by atoms with Crippen molar-refractivity contribution in [1.82, 2.24) is 0 Å². The van der Waals surface area contributed by atoms with E-state index in [-0.39, 0.29) is 33.5 Å². The molecule has 4 rings (SSSR count). The summed E-state index contributed by atoms with van der Waals surface area (Å²) in [5.41, 5.74) is -1.05.